The van der Waals surface area contributed by atoms with E-state index < -0.39 is 12.0 Å². The number of hydrogen-bond acceptors (Lipinski definition) is 3. The van der Waals surface area contributed by atoms with Crippen molar-refractivity contribution in [3.8, 4) is 0 Å². The number of carboxylic acid groups (broad SMARTS) is 1. The van der Waals surface area contributed by atoms with E-state index in [4.69, 9.17) is 10.8 Å². The fourth-order valence-electron chi connectivity index (χ4n) is 2.02. The molecule has 0 bridgehead atoms. The largest absolute Gasteiger partial charge is 0.481 e. The van der Waals surface area contributed by atoms with Crippen molar-refractivity contribution in [1.82, 2.24) is 5.32 Å². The Bertz CT molecular complexity index is 506. The van der Waals surface area contributed by atoms with Crippen molar-refractivity contribution in [2.45, 2.75) is 46.1 Å². The van der Waals surface area contributed by atoms with E-state index in [1.165, 1.54) is 0 Å². The second kappa shape index (κ2) is 7.11. The van der Waals surface area contributed by atoms with E-state index in [1.807, 2.05) is 39.0 Å². The monoisotopic (exact) mass is 292 g/mol. The van der Waals surface area contributed by atoms with Crippen LogP contribution >= 0.6 is 0 Å². The van der Waals surface area contributed by atoms with Crippen molar-refractivity contribution in [2.75, 3.05) is 5.73 Å². The highest BCUT2D eigenvalue weighted by Gasteiger charge is 2.28. The van der Waals surface area contributed by atoms with Crippen molar-refractivity contribution in [2.24, 2.45) is 5.41 Å². The zero-order chi connectivity index (χ0) is 16.0. The number of carboxylic acids is 1. The number of nitrogens with one attached hydrogen (secondary N) is 1. The van der Waals surface area contributed by atoms with Crippen LogP contribution in [0.2, 0.25) is 0 Å². The molecule has 0 aliphatic rings. The van der Waals surface area contributed by atoms with Gasteiger partial charge in [-0.2, -0.15) is 0 Å². The Labute approximate surface area is 125 Å². The molecule has 1 rings (SSSR count). The lowest BCUT2D eigenvalue weighted by molar-refractivity contribution is -0.138. The smallest absolute Gasteiger partial charge is 0.305 e. The van der Waals surface area contributed by atoms with Crippen LogP contribution < -0.4 is 11.1 Å². The molecule has 1 aromatic rings. The number of hydrogen-bond donors (Lipinski definition) is 3. The molecule has 5 heteroatoms. The van der Waals surface area contributed by atoms with Gasteiger partial charge in [-0.1, -0.05) is 39.0 Å². The Morgan fingerprint density at radius 1 is 1.29 bits per heavy atom. The summed E-state index contributed by atoms with van der Waals surface area (Å²) in [5.74, 6) is -1.07. The van der Waals surface area contributed by atoms with Gasteiger partial charge in [-0.05, 0) is 23.5 Å². The molecule has 0 saturated heterocycles. The minimum atomic E-state index is -0.914. The molecule has 1 unspecified atom stereocenters. The number of para-hydroxylation sites is 1. The highest BCUT2D eigenvalue weighted by molar-refractivity contribution is 5.78. The van der Waals surface area contributed by atoms with Crippen molar-refractivity contribution < 1.29 is 14.7 Å². The van der Waals surface area contributed by atoms with Gasteiger partial charge in [0.2, 0.25) is 5.91 Å². The second-order valence-corrected chi connectivity index (χ2v) is 6.28. The van der Waals surface area contributed by atoms with E-state index in [1.54, 1.807) is 6.07 Å². The number of aliphatic carboxylic acids is 1. The molecule has 0 aliphatic heterocycles. The number of nitrogens with two attached hydrogens (primary N) is 1. The van der Waals surface area contributed by atoms with Crippen LogP contribution in [0.3, 0.4) is 0 Å². The summed E-state index contributed by atoms with van der Waals surface area (Å²) in [6.45, 7) is 5.74. The molecule has 5 nitrogen and oxygen atoms in total. The molecule has 1 amide bonds. The Morgan fingerprint density at radius 2 is 1.90 bits per heavy atom. The molecular formula is C16H24N2O3. The predicted octanol–water partition coefficient (Wildman–Crippen LogP) is 2.21. The van der Waals surface area contributed by atoms with E-state index in [2.05, 4.69) is 5.32 Å². The van der Waals surface area contributed by atoms with Crippen LogP contribution in [0, 0.1) is 5.41 Å². The topological polar surface area (TPSA) is 92.4 Å². The number of anilines is 1. The van der Waals surface area contributed by atoms with Crippen LogP contribution in [-0.4, -0.2) is 23.0 Å². The van der Waals surface area contributed by atoms with Gasteiger partial charge in [0.05, 0.1) is 6.42 Å². The molecule has 4 N–H and O–H groups in total. The highest BCUT2D eigenvalue weighted by Crippen LogP contribution is 2.22. The number of carbonyl (C=O) groups is 2. The minimum Gasteiger partial charge on any atom is -0.481 e. The normalized spacial score (nSPS) is 12.7. The molecule has 1 atom stereocenters. The lowest BCUT2D eigenvalue weighted by atomic mass is 9.84. The maximum atomic E-state index is 12.0. The van der Waals surface area contributed by atoms with Crippen LogP contribution in [0.4, 0.5) is 5.69 Å². The first-order chi connectivity index (χ1) is 9.70. The fraction of sp³-hybridized carbons (Fsp3) is 0.500. The number of amides is 1. The molecule has 21 heavy (non-hydrogen) atoms. The fourth-order valence-corrected chi connectivity index (χ4v) is 2.02. The standard InChI is InChI=1S/C16H24N2O3/c1-16(2,3)13(10-15(20)21)18-14(19)9-8-11-6-4-5-7-12(11)17/h4-7,13H,8-10,17H2,1-3H3,(H,18,19)(H,20,21). The van der Waals surface area contributed by atoms with Crippen molar-refractivity contribution >= 4 is 17.6 Å². The zero-order valence-corrected chi connectivity index (χ0v) is 12.8. The van der Waals surface area contributed by atoms with Gasteiger partial charge in [-0.25, -0.2) is 0 Å². The van der Waals surface area contributed by atoms with Crippen LogP contribution in [0.15, 0.2) is 24.3 Å². The number of nitrogen functional groups attached to an aromatic ring is 1. The summed E-state index contributed by atoms with van der Waals surface area (Å²) in [7, 11) is 0. The highest BCUT2D eigenvalue weighted by atomic mass is 16.4. The number of aryl methyl sites for hydroxylation is 1. The minimum absolute atomic E-state index is 0.0806. The molecule has 0 heterocycles. The van der Waals surface area contributed by atoms with Crippen LogP contribution in [-0.2, 0) is 16.0 Å². The predicted molar refractivity (Wildman–Crippen MR) is 82.8 cm³/mol. The Morgan fingerprint density at radius 3 is 2.43 bits per heavy atom. The first-order valence-corrected chi connectivity index (χ1v) is 7.04. The average Bonchev–Trinajstić information content (AvgIpc) is 2.35. The number of rotatable bonds is 6. The van der Waals surface area contributed by atoms with Crippen molar-refractivity contribution in [1.29, 1.82) is 0 Å². The first kappa shape index (κ1) is 17.0. The van der Waals surface area contributed by atoms with E-state index in [-0.39, 0.29) is 17.7 Å². The third-order valence-electron chi connectivity index (χ3n) is 3.44. The maximum absolute atomic E-state index is 12.0. The zero-order valence-electron chi connectivity index (χ0n) is 12.8. The van der Waals surface area contributed by atoms with Gasteiger partial charge in [0.25, 0.3) is 0 Å². The van der Waals surface area contributed by atoms with E-state index in [0.29, 0.717) is 18.5 Å². The maximum Gasteiger partial charge on any atom is 0.305 e. The van der Waals surface area contributed by atoms with Crippen LogP contribution in [0.5, 0.6) is 0 Å². The van der Waals surface area contributed by atoms with Crippen molar-refractivity contribution in [3.05, 3.63) is 29.8 Å². The molecular weight excluding hydrogens is 268 g/mol. The SMILES string of the molecule is CC(C)(C)C(CC(=O)O)NC(=O)CCc1ccccc1N. The lowest BCUT2D eigenvalue weighted by Gasteiger charge is -2.30. The summed E-state index contributed by atoms with van der Waals surface area (Å²) >= 11 is 0. The third kappa shape index (κ3) is 5.85. The van der Waals surface area contributed by atoms with Gasteiger partial charge in [0.1, 0.15) is 0 Å². The van der Waals surface area contributed by atoms with E-state index in [0.717, 1.165) is 5.56 Å². The summed E-state index contributed by atoms with van der Waals surface area (Å²) < 4.78 is 0. The lowest BCUT2D eigenvalue weighted by Crippen LogP contribution is -2.45. The van der Waals surface area contributed by atoms with Gasteiger partial charge in [0, 0.05) is 18.2 Å². The summed E-state index contributed by atoms with van der Waals surface area (Å²) in [6, 6.07) is 7.03. The Hall–Kier alpha value is -2.04. The molecule has 0 spiro atoms. The average molecular weight is 292 g/mol. The van der Waals surface area contributed by atoms with Gasteiger partial charge < -0.3 is 16.2 Å². The Kier molecular flexibility index (Phi) is 5.76. The molecule has 116 valence electrons. The van der Waals surface area contributed by atoms with Gasteiger partial charge >= 0.3 is 5.97 Å². The quantitative estimate of drug-likeness (QED) is 0.701. The van der Waals surface area contributed by atoms with Crippen molar-refractivity contribution in [3.63, 3.8) is 0 Å². The number of carbonyl (C=O) groups excluding carboxylic acids is 1. The summed E-state index contributed by atoms with van der Waals surface area (Å²) in [4.78, 5) is 22.9. The summed E-state index contributed by atoms with van der Waals surface area (Å²) in [6.07, 6.45) is 0.756. The van der Waals surface area contributed by atoms with Gasteiger partial charge in [-0.15, -0.1) is 0 Å². The Balaban J connectivity index is 2.58. The van der Waals surface area contributed by atoms with Crippen LogP contribution in [0.1, 0.15) is 39.2 Å². The van der Waals surface area contributed by atoms with Gasteiger partial charge in [0.15, 0.2) is 0 Å². The molecule has 1 aromatic carbocycles. The second-order valence-electron chi connectivity index (χ2n) is 6.28. The molecule has 0 aliphatic carbocycles. The van der Waals surface area contributed by atoms with E-state index >= 15 is 0 Å². The molecule has 0 aromatic heterocycles. The summed E-state index contributed by atoms with van der Waals surface area (Å²) in [5.41, 5.74) is 7.13. The molecule has 0 fully saturated rings. The third-order valence-corrected chi connectivity index (χ3v) is 3.44. The van der Waals surface area contributed by atoms with Gasteiger partial charge in [-0.3, -0.25) is 9.59 Å². The molecule has 0 saturated carbocycles. The summed E-state index contributed by atoms with van der Waals surface area (Å²) in [5, 5.41) is 11.8. The van der Waals surface area contributed by atoms with E-state index in [9.17, 15) is 9.59 Å². The van der Waals surface area contributed by atoms with Crippen LogP contribution in [0.25, 0.3) is 0 Å². The number of benzene rings is 1. The molecule has 0 radical (unpaired) electrons. The first-order valence-electron chi connectivity index (χ1n) is 7.04.